The predicted molar refractivity (Wildman–Crippen MR) is 49.7 cm³/mol. The molecule has 70 valence electrons. The van der Waals surface area contributed by atoms with Crippen LogP contribution in [0.5, 0.6) is 0 Å². The van der Waals surface area contributed by atoms with E-state index in [1.54, 1.807) is 7.11 Å². The minimum absolute atomic E-state index is 0.0300. The molecule has 3 unspecified atom stereocenters. The maximum absolute atomic E-state index is 8.93. The largest absolute Gasteiger partial charge is 0.396 e. The van der Waals surface area contributed by atoms with E-state index in [1.807, 2.05) is 20.8 Å². The third-order valence-electron chi connectivity index (χ3n) is 1.99. The smallest absolute Gasteiger partial charge is 0.0753 e. The second kappa shape index (κ2) is 6.05. The van der Waals surface area contributed by atoms with Crippen molar-refractivity contribution in [3.63, 3.8) is 0 Å². The average Bonchev–Trinajstić information content (AvgIpc) is 2.06. The van der Waals surface area contributed by atoms with Gasteiger partial charge < -0.3 is 9.84 Å². The van der Waals surface area contributed by atoms with Crippen LogP contribution in [0.1, 0.15) is 20.8 Å². The van der Waals surface area contributed by atoms with Gasteiger partial charge in [-0.1, -0.05) is 12.8 Å². The number of aliphatic hydroxyl groups excluding tert-OH is 1. The molecule has 0 aromatic heterocycles. The third-order valence-corrected chi connectivity index (χ3v) is 1.99. The maximum atomic E-state index is 8.93. The second-order valence-electron chi connectivity index (χ2n) is 3.04. The van der Waals surface area contributed by atoms with Crippen molar-refractivity contribution in [1.82, 2.24) is 0 Å². The van der Waals surface area contributed by atoms with E-state index in [4.69, 9.17) is 9.84 Å². The third kappa shape index (κ3) is 3.25. The molecular weight excluding hydrogens is 152 g/mol. The van der Waals surface area contributed by atoms with Crippen LogP contribution in [0.3, 0.4) is 0 Å². The van der Waals surface area contributed by atoms with Crippen molar-refractivity contribution < 1.29 is 9.84 Å². The van der Waals surface area contributed by atoms with Gasteiger partial charge in [0.25, 0.3) is 0 Å². The van der Waals surface area contributed by atoms with Gasteiger partial charge in [-0.3, -0.25) is 0 Å². The highest BCUT2D eigenvalue weighted by atomic mass is 16.5. The van der Waals surface area contributed by atoms with Crippen LogP contribution in [0.4, 0.5) is 0 Å². The minimum Gasteiger partial charge on any atom is -0.396 e. The minimum atomic E-state index is 0.0300. The Morgan fingerprint density at radius 3 is 2.33 bits per heavy atom. The Bertz CT molecular complexity index is 166. The fourth-order valence-corrected chi connectivity index (χ4v) is 1.34. The molecule has 1 N–H and O–H groups in total. The fourth-order valence-electron chi connectivity index (χ4n) is 1.34. The van der Waals surface area contributed by atoms with Crippen molar-refractivity contribution in [3.05, 3.63) is 0 Å². The molecule has 2 nitrogen and oxygen atoms in total. The topological polar surface area (TPSA) is 29.5 Å². The van der Waals surface area contributed by atoms with Crippen LogP contribution in [0, 0.1) is 23.7 Å². The van der Waals surface area contributed by atoms with E-state index in [0.29, 0.717) is 0 Å². The zero-order valence-electron chi connectivity index (χ0n) is 8.29. The summed E-state index contributed by atoms with van der Waals surface area (Å²) in [6.07, 6.45) is 0.0300. The highest BCUT2D eigenvalue weighted by Gasteiger charge is 2.20. The first-order valence-corrected chi connectivity index (χ1v) is 4.23. The summed E-state index contributed by atoms with van der Waals surface area (Å²) in [5.41, 5.74) is 0. The summed E-state index contributed by atoms with van der Waals surface area (Å²) < 4.78 is 5.25. The Hall–Kier alpha value is -0.520. The van der Waals surface area contributed by atoms with Gasteiger partial charge in [-0.15, -0.1) is 5.92 Å². The lowest BCUT2D eigenvalue weighted by atomic mass is 9.94. The summed E-state index contributed by atoms with van der Waals surface area (Å²) in [6, 6.07) is 0. The molecule has 0 amide bonds. The van der Waals surface area contributed by atoms with E-state index < -0.39 is 0 Å². The molecule has 0 aliphatic carbocycles. The Morgan fingerprint density at radius 2 is 2.00 bits per heavy atom. The van der Waals surface area contributed by atoms with Gasteiger partial charge in [-0.25, -0.2) is 0 Å². The van der Waals surface area contributed by atoms with Crippen molar-refractivity contribution in [2.75, 3.05) is 13.7 Å². The number of hydrogen-bond acceptors (Lipinski definition) is 2. The molecule has 0 aliphatic rings. The van der Waals surface area contributed by atoms with Crippen molar-refractivity contribution in [2.45, 2.75) is 26.9 Å². The van der Waals surface area contributed by atoms with Crippen LogP contribution < -0.4 is 0 Å². The summed E-state index contributed by atoms with van der Waals surface area (Å²) in [4.78, 5) is 0. The Labute approximate surface area is 74.9 Å². The maximum Gasteiger partial charge on any atom is 0.0753 e. The molecule has 0 heterocycles. The highest BCUT2D eigenvalue weighted by molar-refractivity contribution is 5.02. The lowest BCUT2D eigenvalue weighted by Gasteiger charge is -2.23. The molecule has 0 saturated heterocycles. The molecule has 0 aromatic rings. The molecule has 0 bridgehead atoms. The standard InChI is InChI=1S/C10H18O2/c1-5-6-8(2)10(12-4)9(3)7-11/h8-11H,7H2,1-4H3. The monoisotopic (exact) mass is 170 g/mol. The number of methoxy groups -OCH3 is 1. The number of hydrogen-bond donors (Lipinski definition) is 1. The average molecular weight is 170 g/mol. The first kappa shape index (κ1) is 11.5. The highest BCUT2D eigenvalue weighted by Crippen LogP contribution is 2.15. The summed E-state index contributed by atoms with van der Waals surface area (Å²) in [6.45, 7) is 5.93. The number of ether oxygens (including phenoxy) is 1. The van der Waals surface area contributed by atoms with Gasteiger partial charge in [0.15, 0.2) is 0 Å². The van der Waals surface area contributed by atoms with Gasteiger partial charge in [0.05, 0.1) is 6.10 Å². The Kier molecular flexibility index (Phi) is 5.79. The van der Waals surface area contributed by atoms with Crippen molar-refractivity contribution >= 4 is 0 Å². The number of rotatable bonds is 4. The first-order valence-electron chi connectivity index (χ1n) is 4.23. The summed E-state index contributed by atoms with van der Waals surface area (Å²) in [5, 5.41) is 8.93. The predicted octanol–water partition coefficient (Wildman–Crippen LogP) is 1.29. The van der Waals surface area contributed by atoms with Crippen molar-refractivity contribution in [3.8, 4) is 11.8 Å². The fraction of sp³-hybridized carbons (Fsp3) is 0.800. The van der Waals surface area contributed by atoms with Crippen molar-refractivity contribution in [1.29, 1.82) is 0 Å². The van der Waals surface area contributed by atoms with Gasteiger partial charge in [-0.05, 0) is 13.8 Å². The summed E-state index contributed by atoms with van der Waals surface area (Å²) >= 11 is 0. The molecule has 12 heavy (non-hydrogen) atoms. The van der Waals surface area contributed by atoms with E-state index >= 15 is 0 Å². The van der Waals surface area contributed by atoms with E-state index in [-0.39, 0.29) is 24.5 Å². The molecule has 0 rings (SSSR count). The van der Waals surface area contributed by atoms with Crippen LogP contribution >= 0.6 is 0 Å². The normalized spacial score (nSPS) is 17.4. The Balaban J connectivity index is 4.19. The van der Waals surface area contributed by atoms with E-state index in [0.717, 1.165) is 0 Å². The van der Waals surface area contributed by atoms with Crippen LogP contribution in [0.15, 0.2) is 0 Å². The van der Waals surface area contributed by atoms with Gasteiger partial charge >= 0.3 is 0 Å². The van der Waals surface area contributed by atoms with Crippen LogP contribution in [-0.4, -0.2) is 24.9 Å². The van der Waals surface area contributed by atoms with E-state index in [9.17, 15) is 0 Å². The van der Waals surface area contributed by atoms with Gasteiger partial charge in [0.1, 0.15) is 0 Å². The SMILES string of the molecule is CC#CC(C)C(OC)C(C)CO. The van der Waals surface area contributed by atoms with Crippen LogP contribution in [0.25, 0.3) is 0 Å². The van der Waals surface area contributed by atoms with Gasteiger partial charge in [0, 0.05) is 25.6 Å². The molecule has 0 radical (unpaired) electrons. The lowest BCUT2D eigenvalue weighted by Crippen LogP contribution is -2.29. The van der Waals surface area contributed by atoms with Crippen LogP contribution in [0.2, 0.25) is 0 Å². The Morgan fingerprint density at radius 1 is 1.42 bits per heavy atom. The molecule has 0 spiro atoms. The zero-order chi connectivity index (χ0) is 9.56. The molecule has 0 saturated carbocycles. The summed E-state index contributed by atoms with van der Waals surface area (Å²) in [7, 11) is 1.66. The first-order chi connectivity index (χ1) is 5.67. The molecule has 0 fully saturated rings. The van der Waals surface area contributed by atoms with Crippen molar-refractivity contribution in [2.24, 2.45) is 11.8 Å². The molecule has 0 aromatic carbocycles. The van der Waals surface area contributed by atoms with E-state index in [2.05, 4.69) is 11.8 Å². The number of aliphatic hydroxyl groups is 1. The second-order valence-corrected chi connectivity index (χ2v) is 3.04. The molecule has 0 aliphatic heterocycles. The van der Waals surface area contributed by atoms with Gasteiger partial charge in [-0.2, -0.15) is 0 Å². The zero-order valence-corrected chi connectivity index (χ0v) is 8.29. The summed E-state index contributed by atoms with van der Waals surface area (Å²) in [5.74, 6) is 6.20. The lowest BCUT2D eigenvalue weighted by molar-refractivity contribution is 0.0130. The molecule has 2 heteroatoms. The van der Waals surface area contributed by atoms with E-state index in [1.165, 1.54) is 0 Å². The van der Waals surface area contributed by atoms with Gasteiger partial charge in [0.2, 0.25) is 0 Å². The van der Waals surface area contributed by atoms with Crippen LogP contribution in [-0.2, 0) is 4.74 Å². The quantitative estimate of drug-likeness (QED) is 0.644. The molecule has 3 atom stereocenters. The molecular formula is C10H18O2.